The molecule has 2 atom stereocenters. The van der Waals surface area contributed by atoms with Crippen LogP contribution in [0.5, 0.6) is 0 Å². The summed E-state index contributed by atoms with van der Waals surface area (Å²) < 4.78 is 0. The summed E-state index contributed by atoms with van der Waals surface area (Å²) in [6.45, 7) is 6.95. The van der Waals surface area contributed by atoms with Crippen molar-refractivity contribution in [2.75, 3.05) is 0 Å². The lowest BCUT2D eigenvalue weighted by Crippen LogP contribution is -2.21. The molecule has 1 aromatic rings. The van der Waals surface area contributed by atoms with Crippen LogP contribution < -0.4 is 0 Å². The molecule has 0 aromatic heterocycles. The predicted octanol–water partition coefficient (Wildman–Crippen LogP) is 5.75. The summed E-state index contributed by atoms with van der Waals surface area (Å²) in [6, 6.07) is 8.96. The summed E-state index contributed by atoms with van der Waals surface area (Å²) in [5, 5.41) is 0.179. The highest BCUT2D eigenvalue weighted by Crippen LogP contribution is 2.51. The van der Waals surface area contributed by atoms with E-state index in [0.717, 1.165) is 0 Å². The molecular weight excluding hydrogens is 240 g/mol. The highest BCUT2D eigenvalue weighted by molar-refractivity contribution is 6.21. The van der Waals surface area contributed by atoms with Crippen molar-refractivity contribution >= 4 is 11.6 Å². The molecule has 0 saturated heterocycles. The third-order valence-electron chi connectivity index (χ3n) is 4.53. The lowest BCUT2D eigenvalue weighted by atomic mass is 9.78. The Hall–Kier alpha value is -0.490. The van der Waals surface area contributed by atoms with Gasteiger partial charge in [-0.25, -0.2) is 0 Å². The summed E-state index contributed by atoms with van der Waals surface area (Å²) >= 11 is 6.73. The molecule has 0 heterocycles. The number of halogens is 1. The van der Waals surface area contributed by atoms with Gasteiger partial charge in [0, 0.05) is 0 Å². The number of alkyl halides is 1. The van der Waals surface area contributed by atoms with Crippen LogP contribution in [0.1, 0.15) is 63.0 Å². The lowest BCUT2D eigenvalue weighted by molar-refractivity contribution is 0.252. The molecule has 100 valence electrons. The van der Waals surface area contributed by atoms with Crippen molar-refractivity contribution in [2.24, 2.45) is 11.3 Å². The van der Waals surface area contributed by atoms with E-state index in [4.69, 9.17) is 11.6 Å². The summed E-state index contributed by atoms with van der Waals surface area (Å²) in [5.41, 5.74) is 3.13. The van der Waals surface area contributed by atoms with Crippen molar-refractivity contribution in [2.45, 2.75) is 58.3 Å². The minimum absolute atomic E-state index is 0.179. The van der Waals surface area contributed by atoms with E-state index in [1.165, 1.54) is 43.2 Å². The summed E-state index contributed by atoms with van der Waals surface area (Å²) in [7, 11) is 0. The molecule has 1 fully saturated rings. The largest absolute Gasteiger partial charge is 0.118 e. The molecule has 1 aliphatic carbocycles. The van der Waals surface area contributed by atoms with Crippen molar-refractivity contribution in [3.05, 3.63) is 35.4 Å². The molecule has 0 amide bonds. The maximum atomic E-state index is 6.73. The van der Waals surface area contributed by atoms with E-state index in [1.54, 1.807) is 0 Å². The Morgan fingerprint density at radius 2 is 1.94 bits per heavy atom. The SMILES string of the molecule is CCCc1ccc(C(Cl)C2CCCC2(C)C)cc1. The molecule has 1 aliphatic rings. The van der Waals surface area contributed by atoms with Crippen molar-refractivity contribution in [3.63, 3.8) is 0 Å². The Balaban J connectivity index is 2.11. The second kappa shape index (κ2) is 5.65. The fraction of sp³-hybridized carbons (Fsp3) is 0.647. The summed E-state index contributed by atoms with van der Waals surface area (Å²) in [5.74, 6) is 0.621. The van der Waals surface area contributed by atoms with E-state index in [0.29, 0.717) is 11.3 Å². The Morgan fingerprint density at radius 3 is 2.44 bits per heavy atom. The monoisotopic (exact) mass is 264 g/mol. The van der Waals surface area contributed by atoms with Gasteiger partial charge in [0.2, 0.25) is 0 Å². The van der Waals surface area contributed by atoms with Crippen LogP contribution in [0.25, 0.3) is 0 Å². The topological polar surface area (TPSA) is 0 Å². The van der Waals surface area contributed by atoms with E-state index >= 15 is 0 Å². The van der Waals surface area contributed by atoms with E-state index in [2.05, 4.69) is 45.0 Å². The van der Waals surface area contributed by atoms with Crippen LogP contribution in [0, 0.1) is 11.3 Å². The first-order valence-corrected chi connectivity index (χ1v) is 7.71. The van der Waals surface area contributed by atoms with Gasteiger partial charge in [-0.15, -0.1) is 11.6 Å². The van der Waals surface area contributed by atoms with Gasteiger partial charge >= 0.3 is 0 Å². The van der Waals surface area contributed by atoms with E-state index in [9.17, 15) is 0 Å². The van der Waals surface area contributed by atoms with Crippen molar-refractivity contribution in [1.29, 1.82) is 0 Å². The summed E-state index contributed by atoms with van der Waals surface area (Å²) in [4.78, 5) is 0. The molecule has 2 unspecified atom stereocenters. The van der Waals surface area contributed by atoms with Gasteiger partial charge in [-0.3, -0.25) is 0 Å². The number of benzene rings is 1. The van der Waals surface area contributed by atoms with Crippen LogP contribution in [0.15, 0.2) is 24.3 Å². The average Bonchev–Trinajstić information content (AvgIpc) is 2.69. The fourth-order valence-electron chi connectivity index (χ4n) is 3.29. The second-order valence-electron chi connectivity index (χ2n) is 6.38. The summed E-state index contributed by atoms with van der Waals surface area (Å²) in [6.07, 6.45) is 6.29. The van der Waals surface area contributed by atoms with Crippen LogP contribution >= 0.6 is 11.6 Å². The second-order valence-corrected chi connectivity index (χ2v) is 6.85. The number of hydrogen-bond donors (Lipinski definition) is 0. The third-order valence-corrected chi connectivity index (χ3v) is 5.09. The van der Waals surface area contributed by atoms with Crippen molar-refractivity contribution < 1.29 is 0 Å². The smallest absolute Gasteiger partial charge is 0.0618 e. The third kappa shape index (κ3) is 2.91. The highest BCUT2D eigenvalue weighted by Gasteiger charge is 2.39. The number of rotatable bonds is 4. The molecule has 1 saturated carbocycles. The number of hydrogen-bond acceptors (Lipinski definition) is 0. The molecule has 1 aromatic carbocycles. The number of aryl methyl sites for hydroxylation is 1. The molecule has 18 heavy (non-hydrogen) atoms. The van der Waals surface area contributed by atoms with Gasteiger partial charge in [-0.1, -0.05) is 57.9 Å². The zero-order chi connectivity index (χ0) is 13.2. The quantitative estimate of drug-likeness (QED) is 0.608. The zero-order valence-electron chi connectivity index (χ0n) is 11.9. The molecule has 0 nitrogen and oxygen atoms in total. The minimum atomic E-state index is 0.179. The van der Waals surface area contributed by atoms with Gasteiger partial charge in [0.05, 0.1) is 5.38 Å². The molecule has 0 aliphatic heterocycles. The van der Waals surface area contributed by atoms with Gasteiger partial charge in [-0.05, 0) is 41.7 Å². The van der Waals surface area contributed by atoms with Gasteiger partial charge in [0.25, 0.3) is 0 Å². The van der Waals surface area contributed by atoms with Crippen LogP contribution in [0.3, 0.4) is 0 Å². The van der Waals surface area contributed by atoms with E-state index < -0.39 is 0 Å². The van der Waals surface area contributed by atoms with Crippen molar-refractivity contribution in [3.8, 4) is 0 Å². The Morgan fingerprint density at radius 1 is 1.28 bits per heavy atom. The lowest BCUT2D eigenvalue weighted by Gasteiger charge is -2.31. The Bertz CT molecular complexity index is 377. The van der Waals surface area contributed by atoms with E-state index in [1.807, 2.05) is 0 Å². The van der Waals surface area contributed by atoms with Crippen LogP contribution in [0.2, 0.25) is 0 Å². The van der Waals surface area contributed by atoms with Crippen LogP contribution in [-0.4, -0.2) is 0 Å². The zero-order valence-corrected chi connectivity index (χ0v) is 12.6. The van der Waals surface area contributed by atoms with Gasteiger partial charge in [0.1, 0.15) is 0 Å². The molecule has 2 rings (SSSR count). The average molecular weight is 265 g/mol. The maximum Gasteiger partial charge on any atom is 0.0618 e. The van der Waals surface area contributed by atoms with E-state index in [-0.39, 0.29) is 5.38 Å². The molecule has 0 bridgehead atoms. The van der Waals surface area contributed by atoms with Gasteiger partial charge in [0.15, 0.2) is 0 Å². The Kier molecular flexibility index (Phi) is 4.37. The molecule has 0 radical (unpaired) electrons. The van der Waals surface area contributed by atoms with Gasteiger partial charge < -0.3 is 0 Å². The molecule has 1 heteroatoms. The van der Waals surface area contributed by atoms with Crippen molar-refractivity contribution in [1.82, 2.24) is 0 Å². The van der Waals surface area contributed by atoms with Crippen LogP contribution in [0.4, 0.5) is 0 Å². The first-order chi connectivity index (χ1) is 8.54. The highest BCUT2D eigenvalue weighted by atomic mass is 35.5. The maximum absolute atomic E-state index is 6.73. The normalized spacial score (nSPS) is 24.1. The van der Waals surface area contributed by atoms with Crippen LogP contribution in [-0.2, 0) is 6.42 Å². The minimum Gasteiger partial charge on any atom is -0.118 e. The molecule has 0 N–H and O–H groups in total. The standard InChI is InChI=1S/C17H25Cl/c1-4-6-13-8-10-14(11-9-13)16(18)15-7-5-12-17(15,2)3/h8-11,15-16H,4-7,12H2,1-3H3. The molecular formula is C17H25Cl. The molecule has 0 spiro atoms. The predicted molar refractivity (Wildman–Crippen MR) is 80.2 cm³/mol. The fourth-order valence-corrected chi connectivity index (χ4v) is 3.90. The Labute approximate surface area is 117 Å². The first-order valence-electron chi connectivity index (χ1n) is 7.27. The van der Waals surface area contributed by atoms with Gasteiger partial charge in [-0.2, -0.15) is 0 Å². The first kappa shape index (κ1) is 13.9.